The lowest BCUT2D eigenvalue weighted by Crippen LogP contribution is -2.36. The van der Waals surface area contributed by atoms with Gasteiger partial charge in [-0.1, -0.05) is 0 Å². The fourth-order valence-electron chi connectivity index (χ4n) is 1.78. The van der Waals surface area contributed by atoms with E-state index in [-0.39, 0.29) is 12.1 Å². The van der Waals surface area contributed by atoms with Crippen LogP contribution in [0.1, 0.15) is 24.4 Å². The van der Waals surface area contributed by atoms with E-state index < -0.39 is 0 Å². The molecule has 2 atom stereocenters. The van der Waals surface area contributed by atoms with E-state index in [9.17, 15) is 0 Å². The highest BCUT2D eigenvalue weighted by Crippen LogP contribution is 2.33. The van der Waals surface area contributed by atoms with Crippen LogP contribution >= 0.6 is 27.3 Å². The maximum atomic E-state index is 5.63. The number of rotatable bonds is 3. The van der Waals surface area contributed by atoms with Crippen molar-refractivity contribution >= 4 is 27.3 Å². The van der Waals surface area contributed by atoms with Gasteiger partial charge in [0.25, 0.3) is 0 Å². The molecule has 3 N–H and O–H groups in total. The Bertz CT molecular complexity index is 299. The van der Waals surface area contributed by atoms with Gasteiger partial charge in [-0.2, -0.15) is 11.3 Å². The van der Waals surface area contributed by atoms with Crippen LogP contribution in [0.4, 0.5) is 0 Å². The molecule has 0 saturated carbocycles. The third-order valence-electron chi connectivity index (χ3n) is 2.49. The van der Waals surface area contributed by atoms with Gasteiger partial charge >= 0.3 is 0 Å². The third kappa shape index (κ3) is 2.01. The van der Waals surface area contributed by atoms with E-state index in [4.69, 9.17) is 10.6 Å². The maximum Gasteiger partial charge on any atom is 0.0784 e. The monoisotopic (exact) mass is 276 g/mol. The van der Waals surface area contributed by atoms with Gasteiger partial charge in [0.05, 0.1) is 12.1 Å². The number of halogens is 1. The van der Waals surface area contributed by atoms with Crippen LogP contribution in [0.2, 0.25) is 0 Å². The smallest absolute Gasteiger partial charge is 0.0784 e. The largest absolute Gasteiger partial charge is 0.376 e. The summed E-state index contributed by atoms with van der Waals surface area (Å²) in [5, 5.41) is 4.17. The summed E-state index contributed by atoms with van der Waals surface area (Å²) in [4.78, 5) is 0. The fourth-order valence-corrected chi connectivity index (χ4v) is 3.36. The third-order valence-corrected chi connectivity index (χ3v) is 4.25. The molecule has 0 aliphatic carbocycles. The van der Waals surface area contributed by atoms with Crippen molar-refractivity contribution in [3.05, 3.63) is 20.8 Å². The maximum absolute atomic E-state index is 5.63. The minimum atomic E-state index is 0.109. The number of nitrogens with one attached hydrogen (secondary N) is 1. The first-order valence-electron chi connectivity index (χ1n) is 4.62. The minimum absolute atomic E-state index is 0.109. The fraction of sp³-hybridized carbons (Fsp3) is 0.556. The molecule has 1 aliphatic heterocycles. The van der Waals surface area contributed by atoms with Gasteiger partial charge in [-0.3, -0.25) is 11.3 Å². The van der Waals surface area contributed by atoms with Gasteiger partial charge in [0.15, 0.2) is 0 Å². The summed E-state index contributed by atoms with van der Waals surface area (Å²) in [6, 6.07) is 0.109. The van der Waals surface area contributed by atoms with E-state index in [1.54, 1.807) is 11.3 Å². The SMILES string of the molecule is NNC(c1cscc1Br)C1CCCO1. The van der Waals surface area contributed by atoms with Crippen LogP contribution in [0.15, 0.2) is 15.2 Å². The highest BCUT2D eigenvalue weighted by Gasteiger charge is 2.27. The second kappa shape index (κ2) is 4.72. The molecule has 3 nitrogen and oxygen atoms in total. The predicted molar refractivity (Wildman–Crippen MR) is 61.1 cm³/mol. The molecule has 0 amide bonds. The van der Waals surface area contributed by atoms with E-state index in [0.29, 0.717) is 0 Å². The molecular weight excluding hydrogens is 264 g/mol. The molecule has 2 heterocycles. The molecule has 1 aliphatic rings. The molecule has 0 aromatic carbocycles. The Morgan fingerprint density at radius 3 is 3.00 bits per heavy atom. The van der Waals surface area contributed by atoms with Crippen molar-refractivity contribution in [2.45, 2.75) is 25.0 Å². The van der Waals surface area contributed by atoms with Crippen LogP contribution in [0.3, 0.4) is 0 Å². The lowest BCUT2D eigenvalue weighted by atomic mass is 10.0. The molecule has 2 rings (SSSR count). The zero-order chi connectivity index (χ0) is 9.97. The molecule has 1 fully saturated rings. The Kier molecular flexibility index (Phi) is 3.57. The van der Waals surface area contributed by atoms with Gasteiger partial charge in [0.1, 0.15) is 0 Å². The summed E-state index contributed by atoms with van der Waals surface area (Å²) < 4.78 is 6.74. The number of hydrazine groups is 1. The number of hydrogen-bond donors (Lipinski definition) is 2. The van der Waals surface area contributed by atoms with Crippen molar-refractivity contribution in [1.29, 1.82) is 0 Å². The highest BCUT2D eigenvalue weighted by atomic mass is 79.9. The van der Waals surface area contributed by atoms with Gasteiger partial charge in [-0.25, -0.2) is 0 Å². The number of nitrogens with two attached hydrogens (primary N) is 1. The summed E-state index contributed by atoms with van der Waals surface area (Å²) in [5.41, 5.74) is 4.04. The molecule has 2 unspecified atom stereocenters. The Morgan fingerprint density at radius 1 is 1.64 bits per heavy atom. The van der Waals surface area contributed by atoms with E-state index in [2.05, 4.69) is 32.1 Å². The van der Waals surface area contributed by atoms with Crippen molar-refractivity contribution < 1.29 is 4.74 Å². The highest BCUT2D eigenvalue weighted by molar-refractivity contribution is 9.10. The van der Waals surface area contributed by atoms with Crippen LogP contribution in [-0.4, -0.2) is 12.7 Å². The summed E-state index contributed by atoms with van der Waals surface area (Å²) in [5.74, 6) is 5.57. The van der Waals surface area contributed by atoms with E-state index in [1.807, 2.05) is 0 Å². The lowest BCUT2D eigenvalue weighted by Gasteiger charge is -2.21. The Labute approximate surface area is 95.7 Å². The zero-order valence-electron chi connectivity index (χ0n) is 7.70. The number of ether oxygens (including phenoxy) is 1. The molecule has 0 spiro atoms. The number of hydrogen-bond acceptors (Lipinski definition) is 4. The first kappa shape index (κ1) is 10.6. The minimum Gasteiger partial charge on any atom is -0.376 e. The van der Waals surface area contributed by atoms with Crippen molar-refractivity contribution in [1.82, 2.24) is 5.43 Å². The van der Waals surface area contributed by atoms with Gasteiger partial charge in [-0.05, 0) is 39.7 Å². The molecular formula is C9H13BrN2OS. The van der Waals surface area contributed by atoms with Crippen molar-refractivity contribution in [3.8, 4) is 0 Å². The molecule has 1 aromatic rings. The van der Waals surface area contributed by atoms with E-state index in [1.165, 1.54) is 5.56 Å². The molecule has 5 heteroatoms. The summed E-state index contributed by atoms with van der Waals surface area (Å²) >= 11 is 5.18. The van der Waals surface area contributed by atoms with Crippen molar-refractivity contribution in [2.75, 3.05) is 6.61 Å². The van der Waals surface area contributed by atoms with Gasteiger partial charge in [0, 0.05) is 16.5 Å². The average molecular weight is 277 g/mol. The first-order chi connectivity index (χ1) is 6.83. The van der Waals surface area contributed by atoms with E-state index >= 15 is 0 Å². The van der Waals surface area contributed by atoms with Crippen LogP contribution in [0.5, 0.6) is 0 Å². The summed E-state index contributed by atoms with van der Waals surface area (Å²) in [6.07, 6.45) is 2.42. The van der Waals surface area contributed by atoms with Crippen LogP contribution in [-0.2, 0) is 4.74 Å². The average Bonchev–Trinajstić information content (AvgIpc) is 2.80. The molecule has 0 bridgehead atoms. The van der Waals surface area contributed by atoms with Crippen molar-refractivity contribution in [3.63, 3.8) is 0 Å². The van der Waals surface area contributed by atoms with Crippen molar-refractivity contribution in [2.24, 2.45) is 5.84 Å². The first-order valence-corrected chi connectivity index (χ1v) is 6.36. The molecule has 78 valence electrons. The van der Waals surface area contributed by atoms with Crippen LogP contribution < -0.4 is 11.3 Å². The Morgan fingerprint density at radius 2 is 2.50 bits per heavy atom. The topological polar surface area (TPSA) is 47.3 Å². The van der Waals surface area contributed by atoms with E-state index in [0.717, 1.165) is 23.9 Å². The van der Waals surface area contributed by atoms with Crippen LogP contribution in [0, 0.1) is 0 Å². The standard InChI is InChI=1S/C9H13BrN2OS/c10-7-5-14-4-6(7)9(12-11)8-2-1-3-13-8/h4-5,8-9,12H,1-3,11H2. The Hall–Kier alpha value is 0.0600. The zero-order valence-corrected chi connectivity index (χ0v) is 10.1. The normalized spacial score (nSPS) is 24.0. The second-order valence-electron chi connectivity index (χ2n) is 3.37. The van der Waals surface area contributed by atoms with Crippen LogP contribution in [0.25, 0.3) is 0 Å². The molecule has 1 aromatic heterocycles. The molecule has 0 radical (unpaired) electrons. The summed E-state index contributed by atoms with van der Waals surface area (Å²) in [6.45, 7) is 0.852. The Balaban J connectivity index is 2.16. The lowest BCUT2D eigenvalue weighted by molar-refractivity contribution is 0.0783. The second-order valence-corrected chi connectivity index (χ2v) is 4.97. The van der Waals surface area contributed by atoms with Gasteiger partial charge in [-0.15, -0.1) is 0 Å². The quantitative estimate of drug-likeness (QED) is 0.657. The molecule has 14 heavy (non-hydrogen) atoms. The number of thiophene rings is 1. The van der Waals surface area contributed by atoms with Gasteiger partial charge in [0.2, 0.25) is 0 Å². The predicted octanol–water partition coefficient (Wildman–Crippen LogP) is 2.19. The van der Waals surface area contributed by atoms with Gasteiger partial charge < -0.3 is 4.74 Å². The molecule has 1 saturated heterocycles. The summed E-state index contributed by atoms with van der Waals surface area (Å²) in [7, 11) is 0.